The minimum Gasteiger partial charge on any atom is -0.0648 e. The van der Waals surface area contributed by atoms with E-state index in [4.69, 9.17) is 0 Å². The normalized spacial score (nSPS) is 16.0. The van der Waals surface area contributed by atoms with Gasteiger partial charge in [-0.25, -0.2) is 0 Å². The number of hydrogen-bond donors (Lipinski definition) is 0. The van der Waals surface area contributed by atoms with Crippen molar-refractivity contribution in [2.24, 2.45) is 0 Å². The van der Waals surface area contributed by atoms with Gasteiger partial charge in [-0.1, -0.05) is 55.0 Å². The molecular formula is C21H26. The number of benzene rings is 2. The first-order valence-corrected chi connectivity index (χ1v) is 8.33. The van der Waals surface area contributed by atoms with E-state index in [2.05, 4.69) is 63.2 Å². The van der Waals surface area contributed by atoms with E-state index in [-0.39, 0.29) is 0 Å². The van der Waals surface area contributed by atoms with Crippen LogP contribution in [0.5, 0.6) is 0 Å². The average molecular weight is 278 g/mol. The molecule has 110 valence electrons. The summed E-state index contributed by atoms with van der Waals surface area (Å²) in [7, 11) is 0. The van der Waals surface area contributed by atoms with Gasteiger partial charge in [0, 0.05) is 0 Å². The van der Waals surface area contributed by atoms with Gasteiger partial charge in [-0.2, -0.15) is 0 Å². The van der Waals surface area contributed by atoms with Gasteiger partial charge in [-0.3, -0.25) is 0 Å². The van der Waals surface area contributed by atoms with E-state index in [0.717, 1.165) is 12.3 Å². The highest BCUT2D eigenvalue weighted by Crippen LogP contribution is 2.40. The van der Waals surface area contributed by atoms with Crippen LogP contribution in [0.2, 0.25) is 0 Å². The lowest BCUT2D eigenvalue weighted by Crippen LogP contribution is -2.04. The summed E-state index contributed by atoms with van der Waals surface area (Å²) in [5, 5.41) is 0. The molecule has 0 aromatic heterocycles. The van der Waals surface area contributed by atoms with Gasteiger partial charge < -0.3 is 0 Å². The van der Waals surface area contributed by atoms with Gasteiger partial charge in [0.25, 0.3) is 0 Å². The van der Waals surface area contributed by atoms with Crippen LogP contribution in [0.4, 0.5) is 0 Å². The van der Waals surface area contributed by atoms with Gasteiger partial charge in [0.1, 0.15) is 0 Å². The Hall–Kier alpha value is -1.56. The molecule has 21 heavy (non-hydrogen) atoms. The van der Waals surface area contributed by atoms with E-state index < -0.39 is 0 Å². The fourth-order valence-electron chi connectivity index (χ4n) is 3.24. The fourth-order valence-corrected chi connectivity index (χ4v) is 3.24. The van der Waals surface area contributed by atoms with Crippen molar-refractivity contribution in [2.75, 3.05) is 0 Å². The third-order valence-corrected chi connectivity index (χ3v) is 4.92. The lowest BCUT2D eigenvalue weighted by molar-refractivity contribution is 0.657. The van der Waals surface area contributed by atoms with Crippen LogP contribution in [-0.4, -0.2) is 0 Å². The molecule has 1 fully saturated rings. The van der Waals surface area contributed by atoms with Crippen molar-refractivity contribution in [1.82, 2.24) is 0 Å². The molecule has 3 rings (SSSR count). The smallest absolute Gasteiger partial charge is 0.0124 e. The molecule has 0 amide bonds. The molecule has 0 heterocycles. The minimum absolute atomic E-state index is 0.638. The second-order valence-electron chi connectivity index (χ2n) is 6.68. The third kappa shape index (κ3) is 3.37. The highest BCUT2D eigenvalue weighted by molar-refractivity contribution is 5.34. The zero-order valence-electron chi connectivity index (χ0n) is 13.5. The molecule has 1 saturated carbocycles. The van der Waals surface area contributed by atoms with Gasteiger partial charge >= 0.3 is 0 Å². The van der Waals surface area contributed by atoms with Crippen molar-refractivity contribution in [2.45, 2.75) is 58.3 Å². The summed E-state index contributed by atoms with van der Waals surface area (Å²) in [6.07, 6.45) is 5.14. The molecule has 0 spiro atoms. The molecule has 0 nitrogen and oxygen atoms in total. The predicted molar refractivity (Wildman–Crippen MR) is 91.1 cm³/mol. The van der Waals surface area contributed by atoms with Crippen molar-refractivity contribution in [3.05, 3.63) is 70.3 Å². The molecule has 0 heteroatoms. The van der Waals surface area contributed by atoms with E-state index in [9.17, 15) is 0 Å². The number of hydrogen-bond acceptors (Lipinski definition) is 0. The number of rotatable bonds is 5. The SMILES string of the molecule is CCC(Cc1cc(C)ccc1C)c1ccc(C2CC2)cc1. The lowest BCUT2D eigenvalue weighted by atomic mass is 9.87. The molecule has 0 bridgehead atoms. The molecule has 1 aliphatic carbocycles. The first-order valence-electron chi connectivity index (χ1n) is 8.33. The van der Waals surface area contributed by atoms with Gasteiger partial charge in [0.05, 0.1) is 0 Å². The van der Waals surface area contributed by atoms with Crippen LogP contribution in [0.15, 0.2) is 42.5 Å². The third-order valence-electron chi connectivity index (χ3n) is 4.92. The molecule has 0 radical (unpaired) electrons. The van der Waals surface area contributed by atoms with Crippen LogP contribution in [0.25, 0.3) is 0 Å². The van der Waals surface area contributed by atoms with Crippen LogP contribution < -0.4 is 0 Å². The average Bonchev–Trinajstić information content (AvgIpc) is 3.33. The van der Waals surface area contributed by atoms with E-state index in [1.165, 1.54) is 41.5 Å². The quantitative estimate of drug-likeness (QED) is 0.637. The van der Waals surface area contributed by atoms with E-state index >= 15 is 0 Å². The van der Waals surface area contributed by atoms with Gasteiger partial charge in [-0.15, -0.1) is 0 Å². The van der Waals surface area contributed by atoms with Crippen LogP contribution in [0.3, 0.4) is 0 Å². The molecule has 1 aliphatic rings. The summed E-state index contributed by atoms with van der Waals surface area (Å²) in [5.74, 6) is 1.50. The van der Waals surface area contributed by atoms with E-state index in [0.29, 0.717) is 5.92 Å². The largest absolute Gasteiger partial charge is 0.0648 e. The summed E-state index contributed by atoms with van der Waals surface area (Å²) >= 11 is 0. The topological polar surface area (TPSA) is 0 Å². The summed E-state index contributed by atoms with van der Waals surface area (Å²) in [6.45, 7) is 6.73. The molecule has 0 aliphatic heterocycles. The summed E-state index contributed by atoms with van der Waals surface area (Å²) in [4.78, 5) is 0. The second kappa shape index (κ2) is 6.05. The van der Waals surface area contributed by atoms with Crippen LogP contribution >= 0.6 is 0 Å². The monoisotopic (exact) mass is 278 g/mol. The maximum absolute atomic E-state index is 2.37. The Kier molecular flexibility index (Phi) is 4.14. The highest BCUT2D eigenvalue weighted by Gasteiger charge is 2.23. The molecule has 2 aromatic carbocycles. The van der Waals surface area contributed by atoms with Crippen molar-refractivity contribution >= 4 is 0 Å². The maximum Gasteiger partial charge on any atom is -0.0124 e. The lowest BCUT2D eigenvalue weighted by Gasteiger charge is -2.18. The standard InChI is InChI=1S/C21H26/c1-4-17(14-21-13-15(2)5-6-16(21)3)18-7-9-19(10-8-18)20-11-12-20/h5-10,13,17,20H,4,11-12,14H2,1-3H3. The van der Waals surface area contributed by atoms with Crippen LogP contribution in [0.1, 0.15) is 65.8 Å². The molecule has 1 unspecified atom stereocenters. The second-order valence-corrected chi connectivity index (χ2v) is 6.68. The first kappa shape index (κ1) is 14.4. The zero-order valence-corrected chi connectivity index (χ0v) is 13.5. The highest BCUT2D eigenvalue weighted by atomic mass is 14.3. The molecule has 0 N–H and O–H groups in total. The van der Waals surface area contributed by atoms with Gasteiger partial charge in [0.15, 0.2) is 0 Å². The molecular weight excluding hydrogens is 252 g/mol. The maximum atomic E-state index is 2.37. The zero-order chi connectivity index (χ0) is 14.8. The molecule has 2 aromatic rings. The molecule has 0 saturated heterocycles. The fraction of sp³-hybridized carbons (Fsp3) is 0.429. The Bertz CT molecular complexity index is 602. The van der Waals surface area contributed by atoms with E-state index in [1.54, 1.807) is 5.56 Å². The van der Waals surface area contributed by atoms with Crippen LogP contribution in [0, 0.1) is 13.8 Å². The Morgan fingerprint density at radius 3 is 2.33 bits per heavy atom. The minimum atomic E-state index is 0.638. The van der Waals surface area contributed by atoms with E-state index in [1.807, 2.05) is 0 Å². The van der Waals surface area contributed by atoms with Gasteiger partial charge in [-0.05, 0) is 73.6 Å². The summed E-state index contributed by atoms with van der Waals surface area (Å²) < 4.78 is 0. The first-order chi connectivity index (χ1) is 10.2. The summed E-state index contributed by atoms with van der Waals surface area (Å²) in [5.41, 5.74) is 7.35. The van der Waals surface area contributed by atoms with Crippen molar-refractivity contribution in [1.29, 1.82) is 0 Å². The van der Waals surface area contributed by atoms with Crippen molar-refractivity contribution in [3.8, 4) is 0 Å². The van der Waals surface area contributed by atoms with Gasteiger partial charge in [0.2, 0.25) is 0 Å². The Balaban J connectivity index is 1.79. The number of aryl methyl sites for hydroxylation is 2. The Morgan fingerprint density at radius 1 is 1.00 bits per heavy atom. The Morgan fingerprint density at radius 2 is 1.71 bits per heavy atom. The van der Waals surface area contributed by atoms with Crippen LogP contribution in [-0.2, 0) is 6.42 Å². The molecule has 1 atom stereocenters. The summed E-state index contributed by atoms with van der Waals surface area (Å²) in [6, 6.07) is 16.3. The van der Waals surface area contributed by atoms with Crippen molar-refractivity contribution in [3.63, 3.8) is 0 Å². The Labute approximate surface area is 129 Å². The van der Waals surface area contributed by atoms with Crippen molar-refractivity contribution < 1.29 is 0 Å². The predicted octanol–water partition coefficient (Wildman–Crippen LogP) is 5.92.